The second-order valence-corrected chi connectivity index (χ2v) is 18.2. The molecule has 21 heteroatoms. The number of fused-ring (bicyclic) bond motifs is 2. The monoisotopic (exact) mass is 1070 g/mol. The number of pyridine rings is 1. The number of nitrogens with zero attached hydrogens (tertiary/aromatic N) is 2. The highest BCUT2D eigenvalue weighted by Crippen LogP contribution is 2.29. The number of anilines is 1. The van der Waals surface area contributed by atoms with Crippen molar-refractivity contribution in [3.05, 3.63) is 89.6 Å². The Morgan fingerprint density at radius 3 is 1.31 bits per heavy atom. The lowest BCUT2D eigenvalue weighted by atomic mass is 10.0. The minimum atomic E-state index is -0.205. The van der Waals surface area contributed by atoms with Gasteiger partial charge in [-0.25, -0.2) is 4.98 Å². The largest absolute Gasteiger partial charge is 0.377 e. The van der Waals surface area contributed by atoms with Crippen LogP contribution in [-0.2, 0) is 77.8 Å². The number of carbonyl (C=O) groups is 3. The molecular formula is C53H76N4O15S2. The van der Waals surface area contributed by atoms with E-state index in [0.29, 0.717) is 190 Å². The van der Waals surface area contributed by atoms with E-state index >= 15 is 0 Å². The first kappa shape index (κ1) is 62.3. The van der Waals surface area contributed by atoms with Gasteiger partial charge in [0.25, 0.3) is 0 Å². The van der Waals surface area contributed by atoms with Gasteiger partial charge in [0.05, 0.1) is 171 Å². The summed E-state index contributed by atoms with van der Waals surface area (Å²) in [6.07, 6.45) is 2.37. The highest BCUT2D eigenvalue weighted by molar-refractivity contribution is 8.76. The van der Waals surface area contributed by atoms with Crippen LogP contribution in [0.2, 0.25) is 0 Å². The normalized spacial score (nSPS) is 11.8. The van der Waals surface area contributed by atoms with Gasteiger partial charge in [-0.2, -0.15) is 0 Å². The number of nitrogens with one attached hydrogen (secondary N) is 2. The minimum Gasteiger partial charge on any atom is -0.377 e. The Morgan fingerprint density at radius 2 is 0.851 bits per heavy atom. The first-order valence-electron chi connectivity index (χ1n) is 25.3. The smallest absolute Gasteiger partial charge is 0.227 e. The van der Waals surface area contributed by atoms with Gasteiger partial charge in [-0.05, 0) is 46.7 Å². The molecule has 410 valence electrons. The van der Waals surface area contributed by atoms with E-state index in [2.05, 4.69) is 27.5 Å². The highest BCUT2D eigenvalue weighted by Gasteiger charge is 2.22. The molecule has 0 saturated carbocycles. The predicted octanol–water partition coefficient (Wildman–Crippen LogP) is 4.37. The van der Waals surface area contributed by atoms with Gasteiger partial charge in [-0.15, -0.1) is 0 Å². The lowest BCUT2D eigenvalue weighted by Gasteiger charge is -2.26. The zero-order valence-electron chi connectivity index (χ0n) is 42.7. The molecule has 3 amide bonds. The van der Waals surface area contributed by atoms with Gasteiger partial charge in [0.15, 0.2) is 0 Å². The molecule has 0 spiro atoms. The second-order valence-electron chi connectivity index (χ2n) is 15.8. The molecule has 1 aromatic heterocycles. The van der Waals surface area contributed by atoms with Gasteiger partial charge < -0.3 is 72.4 Å². The molecule has 0 aliphatic carbocycles. The van der Waals surface area contributed by atoms with Crippen LogP contribution in [0.1, 0.15) is 36.0 Å². The van der Waals surface area contributed by atoms with Crippen LogP contribution in [0, 0.1) is 11.8 Å². The summed E-state index contributed by atoms with van der Waals surface area (Å²) >= 11 is 0. The average Bonchev–Trinajstić information content (AvgIpc) is 3.41. The summed E-state index contributed by atoms with van der Waals surface area (Å²) in [4.78, 5) is 43.7. The molecule has 2 aromatic carbocycles. The van der Waals surface area contributed by atoms with Crippen LogP contribution in [0.25, 0.3) is 0 Å². The quantitative estimate of drug-likeness (QED) is 0.0458. The van der Waals surface area contributed by atoms with Crippen LogP contribution in [0.5, 0.6) is 0 Å². The van der Waals surface area contributed by atoms with Crippen molar-refractivity contribution in [2.75, 3.05) is 182 Å². The molecule has 2 heterocycles. The second kappa shape index (κ2) is 44.0. The van der Waals surface area contributed by atoms with Crippen molar-refractivity contribution in [3.63, 3.8) is 0 Å². The molecule has 0 atom stereocenters. The molecule has 74 heavy (non-hydrogen) atoms. The highest BCUT2D eigenvalue weighted by atomic mass is 33.1. The molecule has 0 radical (unpaired) electrons. The molecule has 2 N–H and O–H groups in total. The van der Waals surface area contributed by atoms with E-state index in [4.69, 9.17) is 56.8 Å². The number of amides is 3. The number of hydrogen-bond acceptors (Lipinski definition) is 18. The van der Waals surface area contributed by atoms with Crippen molar-refractivity contribution in [1.29, 1.82) is 0 Å². The van der Waals surface area contributed by atoms with Crippen molar-refractivity contribution < 1.29 is 71.2 Å². The molecule has 3 aromatic rings. The van der Waals surface area contributed by atoms with Gasteiger partial charge >= 0.3 is 0 Å². The summed E-state index contributed by atoms with van der Waals surface area (Å²) in [5.74, 6) is 6.79. The maximum atomic E-state index is 13.3. The van der Waals surface area contributed by atoms with E-state index in [1.54, 1.807) is 32.7 Å². The fourth-order valence-electron chi connectivity index (χ4n) is 6.42. The van der Waals surface area contributed by atoms with Crippen LogP contribution < -0.4 is 15.5 Å². The lowest BCUT2D eigenvalue weighted by molar-refractivity contribution is -0.125. The van der Waals surface area contributed by atoms with E-state index in [9.17, 15) is 14.4 Å². The molecule has 19 nitrogen and oxygen atoms in total. The SMILES string of the molecule is O=C(CCSSc1ccccn1)NCCOCCOCCOCCOCCOCCOCCOCCOCCOCCOCCOCCOCCNC(=O)CCC(=O)N1Cc2ccccc2C#Cc2ccccc21. The molecule has 1 aliphatic heterocycles. The number of aromatic nitrogens is 1. The van der Waals surface area contributed by atoms with E-state index in [-0.39, 0.29) is 30.6 Å². The topological polar surface area (TPSA) is 202 Å². The standard InChI is InChI=1S/C53H76N4O15S2/c58-50(14-15-53(60)57-45-48-9-2-1-7-46(48)12-13-47-8-3-4-10-49(47)57)54-18-20-61-22-24-63-26-28-65-30-32-67-34-36-69-38-40-71-42-43-72-41-39-70-37-35-68-33-31-66-29-27-64-25-23-62-21-19-55-51(59)16-44-73-74-52-11-5-6-17-56-52/h1-11,17H,14-16,18-45H2,(H,54,58)(H,55,59). The average molecular weight is 1070 g/mol. The van der Waals surface area contributed by atoms with Gasteiger partial charge in [-0.3, -0.25) is 14.4 Å². The van der Waals surface area contributed by atoms with E-state index < -0.39 is 0 Å². The molecule has 0 unspecified atom stereocenters. The lowest BCUT2D eigenvalue weighted by Crippen LogP contribution is -2.34. The van der Waals surface area contributed by atoms with E-state index in [1.807, 2.05) is 66.7 Å². The Kier molecular flexibility index (Phi) is 37.0. The maximum absolute atomic E-state index is 13.3. The summed E-state index contributed by atoms with van der Waals surface area (Å²) in [6.45, 7) is 12.1. The minimum absolute atomic E-state index is 0.00970. The van der Waals surface area contributed by atoms with Gasteiger partial charge in [0.1, 0.15) is 5.03 Å². The Morgan fingerprint density at radius 1 is 0.459 bits per heavy atom. The van der Waals surface area contributed by atoms with Crippen molar-refractivity contribution in [2.24, 2.45) is 0 Å². The van der Waals surface area contributed by atoms with Crippen LogP contribution in [0.15, 0.2) is 78.0 Å². The fourth-order valence-corrected chi connectivity index (χ4v) is 8.29. The van der Waals surface area contributed by atoms with Crippen LogP contribution in [0.4, 0.5) is 5.69 Å². The molecular weight excluding hydrogens is 997 g/mol. The van der Waals surface area contributed by atoms with E-state index in [1.165, 1.54) is 0 Å². The van der Waals surface area contributed by atoms with Crippen molar-refractivity contribution in [2.45, 2.75) is 30.8 Å². The summed E-state index contributed by atoms with van der Waals surface area (Å²) in [5.41, 5.74) is 3.39. The molecule has 0 fully saturated rings. The van der Waals surface area contributed by atoms with Crippen LogP contribution >= 0.6 is 21.6 Å². The molecule has 0 saturated heterocycles. The third-order valence-electron chi connectivity index (χ3n) is 10.2. The number of carbonyl (C=O) groups excluding carboxylic acids is 3. The number of para-hydroxylation sites is 1. The Labute approximate surface area is 444 Å². The zero-order valence-corrected chi connectivity index (χ0v) is 44.3. The Balaban J connectivity index is 0.765. The summed E-state index contributed by atoms with van der Waals surface area (Å²) in [6, 6.07) is 21.2. The van der Waals surface area contributed by atoms with Crippen LogP contribution in [0.3, 0.4) is 0 Å². The third kappa shape index (κ3) is 31.6. The van der Waals surface area contributed by atoms with Crippen molar-refractivity contribution >= 4 is 45.0 Å². The molecule has 0 bridgehead atoms. The third-order valence-corrected chi connectivity index (χ3v) is 12.4. The van der Waals surface area contributed by atoms with Gasteiger partial charge in [0, 0.05) is 55.4 Å². The fraction of sp³-hybridized carbons (Fsp3) is 0.585. The van der Waals surface area contributed by atoms with E-state index in [0.717, 1.165) is 27.4 Å². The zero-order chi connectivity index (χ0) is 52.0. The first-order chi connectivity index (χ1) is 36.6. The summed E-state index contributed by atoms with van der Waals surface area (Å²) in [5, 5.41) is 6.61. The maximum Gasteiger partial charge on any atom is 0.227 e. The predicted molar refractivity (Wildman–Crippen MR) is 282 cm³/mol. The van der Waals surface area contributed by atoms with Crippen LogP contribution in [-0.4, -0.2) is 200 Å². The van der Waals surface area contributed by atoms with Gasteiger partial charge in [0.2, 0.25) is 17.7 Å². The summed E-state index contributed by atoms with van der Waals surface area (Å²) < 4.78 is 66.2. The van der Waals surface area contributed by atoms with Gasteiger partial charge in [-0.1, -0.05) is 59.0 Å². The molecule has 1 aliphatic rings. The Bertz CT molecular complexity index is 1980. The number of benzene rings is 2. The summed E-state index contributed by atoms with van der Waals surface area (Å²) in [7, 11) is 3.18. The van der Waals surface area contributed by atoms with Crippen molar-refractivity contribution in [1.82, 2.24) is 15.6 Å². The number of ether oxygens (including phenoxy) is 12. The first-order valence-corrected chi connectivity index (χ1v) is 27.6. The van der Waals surface area contributed by atoms with Crippen molar-refractivity contribution in [3.8, 4) is 11.8 Å². The molecule has 4 rings (SSSR count). The number of hydrogen-bond donors (Lipinski definition) is 2. The number of rotatable bonds is 47. The Hall–Kier alpha value is -4.22.